The molecular weight excluding hydrogens is 800 g/mol. The molecule has 0 N–H and O–H groups in total. The lowest BCUT2D eigenvalue weighted by Gasteiger charge is -2.13. The summed E-state index contributed by atoms with van der Waals surface area (Å²) in [6.07, 6.45) is 5.54. The number of benzene rings is 4. The predicted molar refractivity (Wildman–Crippen MR) is 233 cm³/mol. The van der Waals surface area contributed by atoms with Crippen molar-refractivity contribution >= 4 is 83.0 Å². The molecule has 0 atom stereocenters. The lowest BCUT2D eigenvalue weighted by atomic mass is 10.2. The molecule has 4 aromatic rings. The standard InChI is InChI=1S/C16H14O2S2.C12H16O2.C9H10OS2.C3H9O3PS/c17-15(11-13-7-3-1-4-8-13)19-20-16(18)12-14-9-5-2-6-10-14;1-2-3-9-14-12(13)10-11-7-5-4-6-8-11;1-11-12-9(10)7-8-5-3-2-4-6-8;1-4-7(8,5-2)6-3/h1-10H,11-12H2;4-8H,2-3,9-10H2,1H3;2-6H,7H2,1H3;1-3H3. The molecule has 8 nitrogen and oxygen atoms in total. The Morgan fingerprint density at radius 2 is 0.852 bits per heavy atom. The van der Waals surface area contributed by atoms with Gasteiger partial charge in [0, 0.05) is 40.6 Å². The van der Waals surface area contributed by atoms with Crippen molar-refractivity contribution in [1.82, 2.24) is 0 Å². The molecule has 4 rings (SSSR count). The second-order valence-corrected chi connectivity index (χ2v) is 18.8. The first-order valence-corrected chi connectivity index (χ1v) is 24.1. The van der Waals surface area contributed by atoms with Crippen molar-refractivity contribution < 1.29 is 37.5 Å². The minimum Gasteiger partial charge on any atom is -0.465 e. The highest BCUT2D eigenvalue weighted by Crippen LogP contribution is 2.46. The Balaban J connectivity index is 0.000000379. The smallest absolute Gasteiger partial charge is 0.326 e. The second-order valence-electron chi connectivity index (χ2n) is 10.8. The van der Waals surface area contributed by atoms with Crippen molar-refractivity contribution in [2.75, 3.05) is 34.2 Å². The molecule has 0 aliphatic carbocycles. The van der Waals surface area contributed by atoms with E-state index in [1.165, 1.54) is 42.9 Å². The van der Waals surface area contributed by atoms with E-state index in [1.54, 1.807) is 0 Å². The topological polar surface area (TPSA) is 105 Å². The van der Waals surface area contributed by atoms with Crippen LogP contribution in [0.4, 0.5) is 0 Å². The first-order valence-electron chi connectivity index (χ1n) is 16.8. The molecule has 0 aromatic heterocycles. The quantitative estimate of drug-likeness (QED) is 0.0491. The number of hydrogen-bond acceptors (Lipinski definition) is 13. The fraction of sp³-hybridized carbons (Fsp3) is 0.300. The van der Waals surface area contributed by atoms with Gasteiger partial charge in [-0.2, -0.15) is 0 Å². The van der Waals surface area contributed by atoms with Crippen LogP contribution < -0.4 is 0 Å². The molecular formula is C40H49O8PS5. The van der Waals surface area contributed by atoms with Gasteiger partial charge in [-0.15, -0.1) is 0 Å². The largest absolute Gasteiger partial charge is 0.465 e. The summed E-state index contributed by atoms with van der Waals surface area (Å²) < 4.78 is 19.2. The van der Waals surface area contributed by atoms with Gasteiger partial charge in [0.25, 0.3) is 0 Å². The molecule has 0 saturated carbocycles. The van der Waals surface area contributed by atoms with Gasteiger partial charge in [0.15, 0.2) is 0 Å². The zero-order chi connectivity index (χ0) is 39.9. The molecule has 0 bridgehead atoms. The number of hydrogen-bond donors (Lipinski definition) is 0. The van der Waals surface area contributed by atoms with Gasteiger partial charge in [0.05, 0.1) is 13.0 Å². The predicted octanol–water partition coefficient (Wildman–Crippen LogP) is 10.4. The Bertz CT molecular complexity index is 1580. The van der Waals surface area contributed by atoms with Crippen molar-refractivity contribution in [2.24, 2.45) is 0 Å². The van der Waals surface area contributed by atoms with Crippen LogP contribution in [0.25, 0.3) is 0 Å². The Kier molecular flexibility index (Phi) is 28.8. The van der Waals surface area contributed by atoms with E-state index < -0.39 is 6.72 Å². The molecule has 0 amide bonds. The van der Waals surface area contributed by atoms with Gasteiger partial charge in [-0.3, -0.25) is 19.2 Å². The van der Waals surface area contributed by atoms with Gasteiger partial charge in [-0.05, 0) is 79.1 Å². The van der Waals surface area contributed by atoms with Crippen molar-refractivity contribution in [3.8, 4) is 0 Å². The van der Waals surface area contributed by atoms with Crippen LogP contribution in [-0.4, -0.2) is 55.5 Å². The van der Waals surface area contributed by atoms with Crippen LogP contribution in [-0.2, 0) is 75.0 Å². The molecule has 0 unspecified atom stereocenters. The van der Waals surface area contributed by atoms with E-state index in [-0.39, 0.29) is 21.3 Å². The van der Waals surface area contributed by atoms with Crippen molar-refractivity contribution in [3.05, 3.63) is 144 Å². The summed E-state index contributed by atoms with van der Waals surface area (Å²) in [5, 5.41) is 0.221. The van der Waals surface area contributed by atoms with Gasteiger partial charge < -0.3 is 18.3 Å². The highest BCUT2D eigenvalue weighted by Gasteiger charge is 2.12. The molecule has 0 heterocycles. The minimum atomic E-state index is -2.33. The van der Waals surface area contributed by atoms with E-state index in [4.69, 9.17) is 30.1 Å². The Labute approximate surface area is 341 Å². The summed E-state index contributed by atoms with van der Waals surface area (Å²) in [5.41, 5.74) is 4.04. The Hall–Kier alpha value is -2.71. The van der Waals surface area contributed by atoms with E-state index in [0.717, 1.165) is 56.7 Å². The molecule has 0 aliphatic rings. The monoisotopic (exact) mass is 848 g/mol. The van der Waals surface area contributed by atoms with Crippen LogP contribution in [0.15, 0.2) is 121 Å². The molecule has 0 aliphatic heterocycles. The number of esters is 1. The number of carbonyl (C=O) groups excluding carboxylic acids is 4. The van der Waals surface area contributed by atoms with Crippen molar-refractivity contribution in [3.63, 3.8) is 0 Å². The molecule has 14 heteroatoms. The summed E-state index contributed by atoms with van der Waals surface area (Å²) in [6, 6.07) is 38.5. The van der Waals surface area contributed by atoms with Gasteiger partial charge in [-0.25, -0.2) is 0 Å². The maximum absolute atomic E-state index is 11.8. The van der Waals surface area contributed by atoms with Gasteiger partial charge in [-0.1, -0.05) is 145 Å². The third-order valence-electron chi connectivity index (χ3n) is 6.60. The van der Waals surface area contributed by atoms with E-state index >= 15 is 0 Å². The Morgan fingerprint density at radius 1 is 0.537 bits per heavy atom. The first kappa shape index (κ1) is 49.3. The van der Waals surface area contributed by atoms with Gasteiger partial charge in [0.1, 0.15) is 0 Å². The van der Waals surface area contributed by atoms with Crippen LogP contribution in [0.5, 0.6) is 0 Å². The average Bonchev–Trinajstić information content (AvgIpc) is 3.19. The second kappa shape index (κ2) is 31.5. The lowest BCUT2D eigenvalue weighted by Crippen LogP contribution is -2.08. The third kappa shape index (κ3) is 25.4. The molecule has 0 saturated heterocycles. The van der Waals surface area contributed by atoms with Crippen LogP contribution in [0, 0.1) is 0 Å². The van der Waals surface area contributed by atoms with Crippen LogP contribution in [0.2, 0.25) is 0 Å². The number of carbonyl (C=O) groups is 4. The molecule has 54 heavy (non-hydrogen) atoms. The fourth-order valence-electron chi connectivity index (χ4n) is 3.93. The SMILES string of the molecule is CCCCOC(=O)Cc1ccccc1.COP(=S)(OC)OC.CSSC(=O)Cc1ccccc1.O=C(Cc1ccccc1)SSC(=O)Cc1ccccc1. The summed E-state index contributed by atoms with van der Waals surface area (Å²) >= 11 is 4.75. The third-order valence-corrected chi connectivity index (χ3v) is 12.9. The maximum atomic E-state index is 11.8. The number of ether oxygens (including phenoxy) is 1. The van der Waals surface area contributed by atoms with E-state index in [0.29, 0.717) is 32.3 Å². The highest BCUT2D eigenvalue weighted by molar-refractivity contribution is 8.87. The summed E-state index contributed by atoms with van der Waals surface area (Å²) in [5.74, 6) is -0.135. The van der Waals surface area contributed by atoms with Crippen molar-refractivity contribution in [2.45, 2.75) is 45.4 Å². The van der Waals surface area contributed by atoms with Crippen LogP contribution >= 0.6 is 49.9 Å². The van der Waals surface area contributed by atoms with E-state index in [9.17, 15) is 19.2 Å². The zero-order valence-electron chi connectivity index (χ0n) is 31.3. The zero-order valence-corrected chi connectivity index (χ0v) is 36.2. The highest BCUT2D eigenvalue weighted by atomic mass is 33.1. The lowest BCUT2D eigenvalue weighted by molar-refractivity contribution is -0.143. The van der Waals surface area contributed by atoms with Crippen molar-refractivity contribution in [1.29, 1.82) is 0 Å². The normalized spacial score (nSPS) is 10.2. The van der Waals surface area contributed by atoms with Gasteiger partial charge in [0.2, 0.25) is 15.3 Å². The van der Waals surface area contributed by atoms with Crippen LogP contribution in [0.1, 0.15) is 42.0 Å². The van der Waals surface area contributed by atoms with Gasteiger partial charge >= 0.3 is 12.7 Å². The van der Waals surface area contributed by atoms with Crippen LogP contribution in [0.3, 0.4) is 0 Å². The first-order chi connectivity index (χ1) is 26.1. The summed E-state index contributed by atoms with van der Waals surface area (Å²) in [4.78, 5) is 45.9. The Morgan fingerprint density at radius 3 is 1.13 bits per heavy atom. The average molecular weight is 849 g/mol. The minimum absolute atomic E-state index is 0.00242. The maximum Gasteiger partial charge on any atom is 0.326 e. The molecule has 292 valence electrons. The van der Waals surface area contributed by atoms with E-state index in [2.05, 4.69) is 6.92 Å². The molecule has 0 spiro atoms. The molecule has 0 radical (unpaired) electrons. The molecule has 0 fully saturated rings. The molecule has 4 aromatic carbocycles. The summed E-state index contributed by atoms with van der Waals surface area (Å²) in [6.45, 7) is 0.290. The van der Waals surface area contributed by atoms with E-state index in [1.807, 2.05) is 128 Å². The number of unbranched alkanes of at least 4 members (excludes halogenated alkanes) is 1. The fourth-order valence-corrected chi connectivity index (χ4v) is 7.07. The number of rotatable bonds is 15. The summed E-state index contributed by atoms with van der Waals surface area (Å²) in [7, 11) is 9.25.